The molecule has 1 aromatic carbocycles. The summed E-state index contributed by atoms with van der Waals surface area (Å²) in [4.78, 5) is 12.0. The van der Waals surface area contributed by atoms with E-state index in [1.165, 1.54) is 22.5 Å². The fourth-order valence-corrected chi connectivity index (χ4v) is 4.67. The number of amides is 1. The number of halogens is 1. The Morgan fingerprint density at radius 3 is 2.62 bits per heavy atom. The van der Waals surface area contributed by atoms with Gasteiger partial charge in [-0.1, -0.05) is 17.7 Å². The maximum atomic E-state index is 12.9. The fourth-order valence-electron chi connectivity index (χ4n) is 2.58. The second-order valence-electron chi connectivity index (χ2n) is 5.72. The van der Waals surface area contributed by atoms with Crippen LogP contribution in [-0.2, 0) is 14.8 Å². The minimum atomic E-state index is -3.81. The Morgan fingerprint density at radius 2 is 2.04 bits per heavy atom. The van der Waals surface area contributed by atoms with Gasteiger partial charge in [0.1, 0.15) is 4.90 Å². The number of carbonyl (C=O) groups excluding carboxylic acids is 1. The van der Waals surface area contributed by atoms with E-state index in [0.717, 1.165) is 0 Å². The average molecular weight is 373 g/mol. The summed E-state index contributed by atoms with van der Waals surface area (Å²) >= 11 is 6.10. The van der Waals surface area contributed by atoms with Crippen LogP contribution in [0.1, 0.15) is 24.2 Å². The van der Waals surface area contributed by atoms with Crippen molar-refractivity contribution in [1.29, 1.82) is 0 Å². The van der Waals surface area contributed by atoms with Gasteiger partial charge in [-0.25, -0.2) is 8.42 Å². The number of sulfonamides is 1. The van der Waals surface area contributed by atoms with Gasteiger partial charge in [-0.3, -0.25) is 4.79 Å². The van der Waals surface area contributed by atoms with Crippen LogP contribution in [0.4, 0.5) is 0 Å². The first-order chi connectivity index (χ1) is 11.3. The van der Waals surface area contributed by atoms with Gasteiger partial charge in [0, 0.05) is 25.2 Å². The van der Waals surface area contributed by atoms with Gasteiger partial charge in [-0.15, -0.1) is 6.58 Å². The Bertz CT molecular complexity index is 726. The summed E-state index contributed by atoms with van der Waals surface area (Å²) in [6.07, 6.45) is 1.13. The first-order valence-electron chi connectivity index (χ1n) is 7.60. The van der Waals surface area contributed by atoms with Crippen LogP contribution in [0.15, 0.2) is 35.7 Å². The number of carbonyl (C=O) groups is 1. The van der Waals surface area contributed by atoms with E-state index in [0.29, 0.717) is 6.54 Å². The average Bonchev–Trinajstić information content (AvgIpc) is 2.51. The molecule has 0 bridgehead atoms. The Kier molecular flexibility index (Phi) is 6.03. The molecule has 1 aliphatic rings. The maximum Gasteiger partial charge on any atom is 0.251 e. The molecule has 1 saturated heterocycles. The van der Waals surface area contributed by atoms with E-state index in [9.17, 15) is 13.2 Å². The van der Waals surface area contributed by atoms with Crippen molar-refractivity contribution in [3.05, 3.63) is 41.4 Å². The van der Waals surface area contributed by atoms with E-state index in [1.807, 2.05) is 13.8 Å². The molecule has 2 rings (SSSR count). The number of rotatable bonds is 5. The Hall–Kier alpha value is -1.41. The molecule has 6 nitrogen and oxygen atoms in total. The lowest BCUT2D eigenvalue weighted by Gasteiger charge is -2.34. The smallest absolute Gasteiger partial charge is 0.251 e. The molecule has 24 heavy (non-hydrogen) atoms. The van der Waals surface area contributed by atoms with E-state index >= 15 is 0 Å². The Balaban J connectivity index is 2.35. The van der Waals surface area contributed by atoms with Crippen LogP contribution >= 0.6 is 11.6 Å². The lowest BCUT2D eigenvalue weighted by molar-refractivity contribution is -0.0440. The zero-order chi connectivity index (χ0) is 17.9. The molecule has 0 saturated carbocycles. The molecule has 1 aliphatic heterocycles. The minimum Gasteiger partial charge on any atom is -0.373 e. The molecule has 1 N–H and O–H groups in total. The van der Waals surface area contributed by atoms with Crippen molar-refractivity contribution in [2.45, 2.75) is 31.0 Å². The van der Waals surface area contributed by atoms with Crippen LogP contribution < -0.4 is 5.32 Å². The number of hydrogen-bond donors (Lipinski definition) is 1. The fraction of sp³-hybridized carbons (Fsp3) is 0.438. The standard InChI is InChI=1S/C16H21ClN2O4S/c1-4-7-18-16(20)13-5-6-14(17)15(8-13)24(21,22)19-9-11(2)23-12(3)10-19/h4-6,8,11-12H,1,7,9-10H2,2-3H3,(H,18,20). The molecule has 0 aromatic heterocycles. The van der Waals surface area contributed by atoms with Crippen LogP contribution in [0.3, 0.4) is 0 Å². The number of nitrogens with zero attached hydrogens (tertiary/aromatic N) is 1. The van der Waals surface area contributed by atoms with Gasteiger partial charge in [-0.05, 0) is 32.0 Å². The minimum absolute atomic E-state index is 0.0725. The Morgan fingerprint density at radius 1 is 1.42 bits per heavy atom. The summed E-state index contributed by atoms with van der Waals surface area (Å²) in [5.74, 6) is -0.383. The van der Waals surface area contributed by atoms with Crippen molar-refractivity contribution in [2.75, 3.05) is 19.6 Å². The highest BCUT2D eigenvalue weighted by Gasteiger charge is 2.33. The molecule has 1 aromatic rings. The van der Waals surface area contributed by atoms with E-state index in [2.05, 4.69) is 11.9 Å². The van der Waals surface area contributed by atoms with E-state index in [1.54, 1.807) is 6.08 Å². The predicted octanol–water partition coefficient (Wildman–Crippen LogP) is 2.05. The van der Waals surface area contributed by atoms with Crippen molar-refractivity contribution in [2.24, 2.45) is 0 Å². The van der Waals surface area contributed by atoms with Crippen molar-refractivity contribution >= 4 is 27.5 Å². The van der Waals surface area contributed by atoms with E-state index in [4.69, 9.17) is 16.3 Å². The molecule has 0 radical (unpaired) electrons. The lowest BCUT2D eigenvalue weighted by Crippen LogP contribution is -2.48. The predicted molar refractivity (Wildman–Crippen MR) is 92.8 cm³/mol. The Labute approximate surface area is 147 Å². The monoisotopic (exact) mass is 372 g/mol. The second kappa shape index (κ2) is 7.65. The number of nitrogens with one attached hydrogen (secondary N) is 1. The van der Waals surface area contributed by atoms with Gasteiger partial charge in [0.25, 0.3) is 5.91 Å². The third-order valence-corrected chi connectivity index (χ3v) is 5.92. The van der Waals surface area contributed by atoms with E-state index in [-0.39, 0.29) is 46.7 Å². The zero-order valence-corrected chi connectivity index (χ0v) is 15.2. The summed E-state index contributed by atoms with van der Waals surface area (Å²) in [5, 5.41) is 2.70. The molecule has 2 atom stereocenters. The zero-order valence-electron chi connectivity index (χ0n) is 13.7. The molecule has 132 valence electrons. The van der Waals surface area contributed by atoms with Crippen molar-refractivity contribution in [3.63, 3.8) is 0 Å². The summed E-state index contributed by atoms with van der Waals surface area (Å²) in [6, 6.07) is 4.22. The molecule has 1 fully saturated rings. The quantitative estimate of drug-likeness (QED) is 0.802. The summed E-state index contributed by atoms with van der Waals surface area (Å²) in [5.41, 5.74) is 0.231. The van der Waals surface area contributed by atoms with Crippen LogP contribution in [0.2, 0.25) is 5.02 Å². The number of ether oxygens (including phenoxy) is 1. The molecule has 2 unspecified atom stereocenters. The summed E-state index contributed by atoms with van der Waals surface area (Å²) in [6.45, 7) is 7.94. The highest BCUT2D eigenvalue weighted by molar-refractivity contribution is 7.89. The first-order valence-corrected chi connectivity index (χ1v) is 9.41. The molecule has 1 heterocycles. The normalized spacial score (nSPS) is 22.1. The summed E-state index contributed by atoms with van der Waals surface area (Å²) < 4.78 is 32.8. The molecule has 0 spiro atoms. The van der Waals surface area contributed by atoms with Crippen LogP contribution in [0.5, 0.6) is 0 Å². The summed E-state index contributed by atoms with van der Waals surface area (Å²) in [7, 11) is -3.81. The van der Waals surface area contributed by atoms with Gasteiger partial charge >= 0.3 is 0 Å². The molecule has 0 aliphatic carbocycles. The van der Waals surface area contributed by atoms with Crippen LogP contribution in [-0.4, -0.2) is 50.5 Å². The number of morpholine rings is 1. The molecular weight excluding hydrogens is 352 g/mol. The van der Waals surface area contributed by atoms with E-state index < -0.39 is 10.0 Å². The third-order valence-electron chi connectivity index (χ3n) is 3.60. The van der Waals surface area contributed by atoms with Gasteiger partial charge in [0.05, 0.1) is 17.2 Å². The molecule has 8 heteroatoms. The van der Waals surface area contributed by atoms with Gasteiger partial charge in [0.15, 0.2) is 0 Å². The lowest BCUT2D eigenvalue weighted by atomic mass is 10.2. The van der Waals surface area contributed by atoms with Crippen LogP contribution in [0, 0.1) is 0 Å². The third kappa shape index (κ3) is 4.16. The highest BCUT2D eigenvalue weighted by Crippen LogP contribution is 2.28. The second-order valence-corrected chi connectivity index (χ2v) is 8.04. The largest absolute Gasteiger partial charge is 0.373 e. The SMILES string of the molecule is C=CCNC(=O)c1ccc(Cl)c(S(=O)(=O)N2CC(C)OC(C)C2)c1. The molecule has 1 amide bonds. The van der Waals surface area contributed by atoms with Crippen LogP contribution in [0.25, 0.3) is 0 Å². The number of hydrogen-bond acceptors (Lipinski definition) is 4. The van der Waals surface area contributed by atoms with Gasteiger partial charge < -0.3 is 10.1 Å². The highest BCUT2D eigenvalue weighted by atomic mass is 35.5. The van der Waals surface area contributed by atoms with Gasteiger partial charge in [0.2, 0.25) is 10.0 Å². The topological polar surface area (TPSA) is 75.7 Å². The van der Waals surface area contributed by atoms with Gasteiger partial charge in [-0.2, -0.15) is 4.31 Å². The maximum absolute atomic E-state index is 12.9. The molecular formula is C16H21ClN2O4S. The van der Waals surface area contributed by atoms with Crippen molar-refractivity contribution in [3.8, 4) is 0 Å². The first kappa shape index (κ1) is 18.9. The van der Waals surface area contributed by atoms with Crippen molar-refractivity contribution in [1.82, 2.24) is 9.62 Å². The van der Waals surface area contributed by atoms with Crippen molar-refractivity contribution < 1.29 is 17.9 Å². The number of benzene rings is 1.